The van der Waals surface area contributed by atoms with Gasteiger partial charge < -0.3 is 14.4 Å². The molecule has 25 heavy (non-hydrogen) atoms. The molecular weight excluding hydrogens is 390 g/mol. The number of hydrogen-bond acceptors (Lipinski definition) is 5. The number of ether oxygens (including phenoxy) is 2. The van der Waals surface area contributed by atoms with Gasteiger partial charge in [0.1, 0.15) is 5.60 Å². The van der Waals surface area contributed by atoms with E-state index in [0.717, 1.165) is 5.56 Å². The van der Waals surface area contributed by atoms with Crippen LogP contribution in [-0.4, -0.2) is 48.5 Å². The summed E-state index contributed by atoms with van der Waals surface area (Å²) in [6.45, 7) is 5.84. The number of amides is 1. The molecule has 7 heteroatoms. The minimum absolute atomic E-state index is 0.0238. The molecule has 0 aromatic heterocycles. The van der Waals surface area contributed by atoms with Crippen LogP contribution in [-0.2, 0) is 14.3 Å². The van der Waals surface area contributed by atoms with E-state index < -0.39 is 17.7 Å². The first-order chi connectivity index (χ1) is 11.6. The van der Waals surface area contributed by atoms with Crippen molar-refractivity contribution in [1.29, 1.82) is 0 Å². The van der Waals surface area contributed by atoms with Crippen LogP contribution in [0.25, 0.3) is 0 Å². The molecule has 0 radical (unpaired) electrons. The monoisotopic (exact) mass is 411 g/mol. The van der Waals surface area contributed by atoms with Gasteiger partial charge in [0, 0.05) is 16.9 Å². The molecule has 2 rings (SSSR count). The van der Waals surface area contributed by atoms with E-state index in [9.17, 15) is 14.4 Å². The van der Waals surface area contributed by atoms with Gasteiger partial charge in [0.25, 0.3) is 0 Å². The minimum Gasteiger partial charge on any atom is -0.465 e. The Morgan fingerprint density at radius 3 is 2.48 bits per heavy atom. The van der Waals surface area contributed by atoms with Crippen molar-refractivity contribution in [2.24, 2.45) is 0 Å². The normalized spacial score (nSPS) is 18.0. The van der Waals surface area contributed by atoms with E-state index in [2.05, 4.69) is 15.9 Å². The lowest BCUT2D eigenvalue weighted by molar-refractivity contribution is -0.123. The topological polar surface area (TPSA) is 72.9 Å². The summed E-state index contributed by atoms with van der Waals surface area (Å²) in [7, 11) is 1.32. The number of halogens is 1. The number of piperidine rings is 1. The quantitative estimate of drug-likeness (QED) is 0.695. The Kier molecular flexibility index (Phi) is 5.87. The van der Waals surface area contributed by atoms with Crippen LogP contribution in [0.15, 0.2) is 22.7 Å². The first-order valence-electron chi connectivity index (χ1n) is 8.01. The predicted molar refractivity (Wildman–Crippen MR) is 95.7 cm³/mol. The van der Waals surface area contributed by atoms with Gasteiger partial charge >= 0.3 is 12.1 Å². The van der Waals surface area contributed by atoms with E-state index in [4.69, 9.17) is 9.47 Å². The number of likely N-dealkylation sites (tertiary alicyclic amines) is 1. The van der Waals surface area contributed by atoms with Gasteiger partial charge in [0.05, 0.1) is 19.2 Å². The van der Waals surface area contributed by atoms with Crippen LogP contribution in [0.4, 0.5) is 4.79 Å². The van der Waals surface area contributed by atoms with Gasteiger partial charge in [-0.3, -0.25) is 4.79 Å². The number of nitrogens with zero attached hydrogens (tertiary/aromatic N) is 1. The van der Waals surface area contributed by atoms with Crippen LogP contribution in [0, 0.1) is 0 Å². The standard InChI is InChI=1S/C18H22BrNO5/c1-18(2,3)25-17(23)20-8-7-12(15(21)10-20)11-5-6-13(14(19)9-11)16(22)24-4/h5-6,9,12H,7-8,10H2,1-4H3. The van der Waals surface area contributed by atoms with E-state index in [1.165, 1.54) is 12.0 Å². The summed E-state index contributed by atoms with van der Waals surface area (Å²) in [6.07, 6.45) is 0.0451. The van der Waals surface area contributed by atoms with Gasteiger partial charge in [-0.05, 0) is 60.8 Å². The molecule has 0 spiro atoms. The lowest BCUT2D eigenvalue weighted by atomic mass is 9.88. The Morgan fingerprint density at radius 2 is 1.96 bits per heavy atom. The SMILES string of the molecule is COC(=O)c1ccc(C2CCN(C(=O)OC(C)(C)C)CC2=O)cc1Br. The van der Waals surface area contributed by atoms with Crippen molar-refractivity contribution >= 4 is 33.8 Å². The van der Waals surface area contributed by atoms with Gasteiger partial charge in [-0.15, -0.1) is 0 Å². The second-order valence-corrected chi connectivity index (χ2v) is 7.79. The summed E-state index contributed by atoms with van der Waals surface area (Å²) in [4.78, 5) is 37.7. The third-order valence-corrected chi connectivity index (χ3v) is 4.53. The summed E-state index contributed by atoms with van der Waals surface area (Å²) in [5.74, 6) is -0.791. The van der Waals surface area contributed by atoms with Crippen LogP contribution in [0.2, 0.25) is 0 Å². The largest absolute Gasteiger partial charge is 0.465 e. The summed E-state index contributed by atoms with van der Waals surface area (Å²) in [6, 6.07) is 5.15. The Bertz CT molecular complexity index is 695. The van der Waals surface area contributed by atoms with Crippen molar-refractivity contribution in [1.82, 2.24) is 4.90 Å². The predicted octanol–water partition coefficient (Wildman–Crippen LogP) is 3.53. The zero-order valence-electron chi connectivity index (χ0n) is 14.8. The van der Waals surface area contributed by atoms with Crippen LogP contribution < -0.4 is 0 Å². The number of esters is 1. The number of carbonyl (C=O) groups excluding carboxylic acids is 3. The molecule has 1 atom stereocenters. The molecule has 0 aliphatic carbocycles. The van der Waals surface area contributed by atoms with Crippen LogP contribution >= 0.6 is 15.9 Å². The summed E-state index contributed by atoms with van der Waals surface area (Å²) in [5.41, 5.74) is 0.629. The first kappa shape index (κ1) is 19.4. The van der Waals surface area contributed by atoms with Crippen molar-refractivity contribution in [3.63, 3.8) is 0 Å². The highest BCUT2D eigenvalue weighted by atomic mass is 79.9. The molecule has 1 heterocycles. The molecular formula is C18H22BrNO5. The van der Waals surface area contributed by atoms with Crippen LogP contribution in [0.3, 0.4) is 0 Å². The molecule has 1 unspecified atom stereocenters. The number of methoxy groups -OCH3 is 1. The summed E-state index contributed by atoms with van der Waals surface area (Å²) < 4.78 is 10.6. The molecule has 6 nitrogen and oxygen atoms in total. The Balaban J connectivity index is 2.09. The fourth-order valence-corrected chi connectivity index (χ4v) is 3.24. The number of benzene rings is 1. The smallest absolute Gasteiger partial charge is 0.410 e. The first-order valence-corrected chi connectivity index (χ1v) is 8.80. The Morgan fingerprint density at radius 1 is 1.28 bits per heavy atom. The average Bonchev–Trinajstić information content (AvgIpc) is 2.52. The number of ketones is 1. The van der Waals surface area contributed by atoms with E-state index in [1.54, 1.807) is 39.0 Å². The summed E-state index contributed by atoms with van der Waals surface area (Å²) in [5, 5.41) is 0. The number of rotatable bonds is 2. The zero-order chi connectivity index (χ0) is 18.8. The molecule has 1 fully saturated rings. The molecule has 0 N–H and O–H groups in total. The molecule has 1 aromatic rings. The molecule has 1 saturated heterocycles. The lowest BCUT2D eigenvalue weighted by Crippen LogP contribution is -2.45. The van der Waals surface area contributed by atoms with Gasteiger partial charge in [0.2, 0.25) is 0 Å². The van der Waals surface area contributed by atoms with Gasteiger partial charge in [0.15, 0.2) is 5.78 Å². The number of Topliss-reactive ketones (excluding diaryl/α,β-unsaturated/α-hetero) is 1. The van der Waals surface area contributed by atoms with Crippen LogP contribution in [0.5, 0.6) is 0 Å². The second kappa shape index (κ2) is 7.56. The van der Waals surface area contributed by atoms with Crippen molar-refractivity contribution in [2.75, 3.05) is 20.2 Å². The van der Waals surface area contributed by atoms with E-state index in [-0.39, 0.29) is 18.2 Å². The van der Waals surface area contributed by atoms with Crippen molar-refractivity contribution < 1.29 is 23.9 Å². The average molecular weight is 412 g/mol. The Hall–Kier alpha value is -1.89. The fraction of sp³-hybridized carbons (Fsp3) is 0.500. The van der Waals surface area contributed by atoms with Crippen LogP contribution in [0.1, 0.15) is 49.0 Å². The highest BCUT2D eigenvalue weighted by molar-refractivity contribution is 9.10. The summed E-state index contributed by atoms with van der Waals surface area (Å²) >= 11 is 3.35. The van der Waals surface area contributed by atoms with Gasteiger partial charge in [-0.1, -0.05) is 6.07 Å². The van der Waals surface area contributed by atoms with E-state index in [1.807, 2.05) is 0 Å². The molecule has 136 valence electrons. The Labute approximate surface area is 155 Å². The number of carbonyl (C=O) groups is 3. The molecule has 1 amide bonds. The number of hydrogen-bond donors (Lipinski definition) is 0. The van der Waals surface area contributed by atoms with E-state index in [0.29, 0.717) is 23.0 Å². The van der Waals surface area contributed by atoms with Crippen molar-refractivity contribution in [3.05, 3.63) is 33.8 Å². The van der Waals surface area contributed by atoms with Gasteiger partial charge in [-0.2, -0.15) is 0 Å². The van der Waals surface area contributed by atoms with Crippen molar-refractivity contribution in [2.45, 2.75) is 38.7 Å². The molecule has 0 bridgehead atoms. The maximum absolute atomic E-state index is 12.5. The third-order valence-electron chi connectivity index (χ3n) is 3.88. The molecule has 1 aliphatic rings. The molecule has 1 aromatic carbocycles. The molecule has 1 aliphatic heterocycles. The third kappa shape index (κ3) is 4.81. The fourth-order valence-electron chi connectivity index (χ4n) is 2.68. The highest BCUT2D eigenvalue weighted by Crippen LogP contribution is 2.30. The second-order valence-electron chi connectivity index (χ2n) is 6.94. The maximum Gasteiger partial charge on any atom is 0.410 e. The highest BCUT2D eigenvalue weighted by Gasteiger charge is 2.33. The molecule has 0 saturated carbocycles. The zero-order valence-corrected chi connectivity index (χ0v) is 16.4. The minimum atomic E-state index is -0.592. The van der Waals surface area contributed by atoms with Gasteiger partial charge in [-0.25, -0.2) is 9.59 Å². The van der Waals surface area contributed by atoms with Crippen molar-refractivity contribution in [3.8, 4) is 0 Å². The van der Waals surface area contributed by atoms with E-state index >= 15 is 0 Å². The maximum atomic E-state index is 12.5. The lowest BCUT2D eigenvalue weighted by Gasteiger charge is -2.32.